The Kier molecular flexibility index (Phi) is 6.43. The van der Waals surface area contributed by atoms with Gasteiger partial charge < -0.3 is 10.6 Å². The van der Waals surface area contributed by atoms with Crippen LogP contribution in [0.4, 0.5) is 5.69 Å². The summed E-state index contributed by atoms with van der Waals surface area (Å²) in [7, 11) is 0. The molecule has 1 rings (SSSR count). The molecule has 0 saturated carbocycles. The summed E-state index contributed by atoms with van der Waals surface area (Å²) in [5.74, 6) is -0.197. The molecule has 2 amide bonds. The van der Waals surface area contributed by atoms with Gasteiger partial charge in [-0.25, -0.2) is 0 Å². The third-order valence-corrected chi connectivity index (χ3v) is 2.88. The van der Waals surface area contributed by atoms with Crippen LogP contribution in [0.1, 0.15) is 30.1 Å². The van der Waals surface area contributed by atoms with Crippen LogP contribution in [0.3, 0.4) is 0 Å². The molecular weight excluding hydrogens is 296 g/mol. The Hall–Kier alpha value is -1.36. The van der Waals surface area contributed by atoms with Crippen LogP contribution >= 0.6 is 15.9 Å². The van der Waals surface area contributed by atoms with Gasteiger partial charge in [0.2, 0.25) is 5.91 Å². The number of unbranched alkanes of at least 4 members (excludes halogenated alkanes) is 1. The van der Waals surface area contributed by atoms with Crippen LogP contribution in [0.15, 0.2) is 24.3 Å². The molecule has 0 fully saturated rings. The summed E-state index contributed by atoms with van der Waals surface area (Å²) in [6.45, 7) is 2.77. The average molecular weight is 313 g/mol. The zero-order valence-electron chi connectivity index (χ0n) is 10.3. The lowest BCUT2D eigenvalue weighted by molar-refractivity contribution is -0.113. The normalized spacial score (nSPS) is 9.89. The first-order chi connectivity index (χ1) is 8.67. The van der Waals surface area contributed by atoms with Gasteiger partial charge in [-0.05, 0) is 30.7 Å². The highest BCUT2D eigenvalue weighted by Gasteiger charge is 2.05. The first-order valence-corrected chi connectivity index (χ1v) is 7.03. The van der Waals surface area contributed by atoms with E-state index in [0.29, 0.717) is 17.8 Å². The number of amides is 2. The van der Waals surface area contributed by atoms with Crippen molar-refractivity contribution in [3.8, 4) is 0 Å². The lowest BCUT2D eigenvalue weighted by atomic mass is 10.2. The van der Waals surface area contributed by atoms with Gasteiger partial charge in [-0.3, -0.25) is 9.59 Å². The molecule has 1 aromatic rings. The molecule has 0 radical (unpaired) electrons. The number of rotatable bonds is 6. The molecule has 0 aliphatic carbocycles. The lowest BCUT2D eigenvalue weighted by Gasteiger charge is -2.06. The van der Waals surface area contributed by atoms with E-state index in [1.54, 1.807) is 24.3 Å². The van der Waals surface area contributed by atoms with Crippen LogP contribution in [-0.4, -0.2) is 23.7 Å². The van der Waals surface area contributed by atoms with Gasteiger partial charge in [0, 0.05) is 17.8 Å². The van der Waals surface area contributed by atoms with Crippen LogP contribution in [0, 0.1) is 0 Å². The Morgan fingerprint density at radius 1 is 1.22 bits per heavy atom. The van der Waals surface area contributed by atoms with E-state index >= 15 is 0 Å². The second-order valence-corrected chi connectivity index (χ2v) is 4.43. The van der Waals surface area contributed by atoms with Gasteiger partial charge in [0.15, 0.2) is 0 Å². The van der Waals surface area contributed by atoms with E-state index in [1.807, 2.05) is 0 Å². The summed E-state index contributed by atoms with van der Waals surface area (Å²) >= 11 is 3.07. The summed E-state index contributed by atoms with van der Waals surface area (Å²) in [5.41, 5.74) is 1.28. The smallest absolute Gasteiger partial charge is 0.251 e. The summed E-state index contributed by atoms with van der Waals surface area (Å²) in [4.78, 5) is 22.8. The zero-order valence-corrected chi connectivity index (χ0v) is 11.9. The summed E-state index contributed by atoms with van der Waals surface area (Å²) in [5, 5.41) is 5.79. The lowest BCUT2D eigenvalue weighted by Crippen LogP contribution is -2.24. The zero-order chi connectivity index (χ0) is 13.4. The Morgan fingerprint density at radius 2 is 1.89 bits per heavy atom. The van der Waals surface area contributed by atoms with Crippen LogP contribution in [0.25, 0.3) is 0 Å². The molecule has 0 aliphatic heterocycles. The summed E-state index contributed by atoms with van der Waals surface area (Å²) in [6, 6.07) is 6.83. The third kappa shape index (κ3) is 4.87. The van der Waals surface area contributed by atoms with Crippen molar-refractivity contribution >= 4 is 33.4 Å². The van der Waals surface area contributed by atoms with Crippen molar-refractivity contribution in [3.05, 3.63) is 29.8 Å². The van der Waals surface area contributed by atoms with Crippen LogP contribution in [-0.2, 0) is 4.79 Å². The maximum atomic E-state index is 11.7. The molecule has 0 aromatic heterocycles. The van der Waals surface area contributed by atoms with Gasteiger partial charge in [0.1, 0.15) is 0 Å². The first-order valence-electron chi connectivity index (χ1n) is 5.91. The first kappa shape index (κ1) is 14.7. The number of anilines is 1. The number of hydrogen-bond acceptors (Lipinski definition) is 2. The fourth-order valence-corrected chi connectivity index (χ4v) is 1.52. The van der Waals surface area contributed by atoms with E-state index in [2.05, 4.69) is 33.5 Å². The molecule has 0 spiro atoms. The maximum absolute atomic E-state index is 11.7. The maximum Gasteiger partial charge on any atom is 0.251 e. The molecule has 0 aliphatic rings. The van der Waals surface area contributed by atoms with Crippen molar-refractivity contribution in [1.29, 1.82) is 0 Å². The van der Waals surface area contributed by atoms with Crippen LogP contribution < -0.4 is 10.6 Å². The molecule has 98 valence electrons. The molecule has 4 nitrogen and oxygen atoms in total. The minimum absolute atomic E-state index is 0.0816. The highest BCUT2D eigenvalue weighted by molar-refractivity contribution is 9.09. The highest BCUT2D eigenvalue weighted by Crippen LogP contribution is 2.09. The fraction of sp³-hybridized carbons (Fsp3) is 0.385. The molecular formula is C13H17BrN2O2. The minimum atomic E-state index is -0.116. The van der Waals surface area contributed by atoms with Gasteiger partial charge in [-0.2, -0.15) is 0 Å². The number of benzene rings is 1. The monoisotopic (exact) mass is 312 g/mol. The molecule has 0 saturated heterocycles. The van der Waals surface area contributed by atoms with E-state index in [0.717, 1.165) is 12.8 Å². The third-order valence-electron chi connectivity index (χ3n) is 2.37. The Bertz CT molecular complexity index is 404. The van der Waals surface area contributed by atoms with Crippen molar-refractivity contribution in [2.45, 2.75) is 19.8 Å². The quantitative estimate of drug-likeness (QED) is 0.626. The van der Waals surface area contributed by atoms with Gasteiger partial charge in [-0.1, -0.05) is 29.3 Å². The van der Waals surface area contributed by atoms with Crippen molar-refractivity contribution in [2.24, 2.45) is 0 Å². The molecule has 0 bridgehead atoms. The highest BCUT2D eigenvalue weighted by atomic mass is 79.9. The Morgan fingerprint density at radius 3 is 2.44 bits per heavy atom. The number of alkyl halides is 1. The number of nitrogens with one attached hydrogen (secondary N) is 2. The van der Waals surface area contributed by atoms with E-state index in [9.17, 15) is 9.59 Å². The predicted octanol–water partition coefficient (Wildman–Crippen LogP) is 2.55. The Balaban J connectivity index is 2.54. The summed E-state index contributed by atoms with van der Waals surface area (Å²) in [6.07, 6.45) is 2.03. The average Bonchev–Trinajstić information content (AvgIpc) is 2.39. The van der Waals surface area contributed by atoms with Crippen LogP contribution in [0.5, 0.6) is 0 Å². The molecule has 0 heterocycles. The molecule has 18 heavy (non-hydrogen) atoms. The molecule has 1 aromatic carbocycles. The fourth-order valence-electron chi connectivity index (χ4n) is 1.38. The van der Waals surface area contributed by atoms with E-state index in [1.165, 1.54) is 0 Å². The van der Waals surface area contributed by atoms with Gasteiger partial charge in [0.25, 0.3) is 5.91 Å². The molecule has 0 atom stereocenters. The second-order valence-electron chi connectivity index (χ2n) is 3.87. The van der Waals surface area contributed by atoms with Crippen molar-refractivity contribution in [3.63, 3.8) is 0 Å². The van der Waals surface area contributed by atoms with Crippen molar-refractivity contribution < 1.29 is 9.59 Å². The molecule has 0 unspecified atom stereocenters. The van der Waals surface area contributed by atoms with E-state index in [-0.39, 0.29) is 17.1 Å². The largest absolute Gasteiger partial charge is 0.352 e. The topological polar surface area (TPSA) is 58.2 Å². The van der Waals surface area contributed by atoms with Gasteiger partial charge in [0.05, 0.1) is 5.33 Å². The van der Waals surface area contributed by atoms with Gasteiger partial charge >= 0.3 is 0 Å². The number of carbonyl (C=O) groups excluding carboxylic acids is 2. The molecule has 2 N–H and O–H groups in total. The van der Waals surface area contributed by atoms with Crippen molar-refractivity contribution in [1.82, 2.24) is 5.32 Å². The number of hydrogen-bond donors (Lipinski definition) is 2. The number of carbonyl (C=O) groups is 2. The SMILES string of the molecule is CCCCNC(=O)c1ccc(NC(=O)CBr)cc1. The van der Waals surface area contributed by atoms with Gasteiger partial charge in [-0.15, -0.1) is 0 Å². The van der Waals surface area contributed by atoms with Crippen molar-refractivity contribution in [2.75, 3.05) is 17.2 Å². The second kappa shape index (κ2) is 7.87. The predicted molar refractivity (Wildman–Crippen MR) is 76.1 cm³/mol. The van der Waals surface area contributed by atoms with E-state index < -0.39 is 0 Å². The number of halogens is 1. The standard InChI is InChI=1S/C13H17BrN2O2/c1-2-3-8-15-13(18)10-4-6-11(7-5-10)16-12(17)9-14/h4-7H,2-3,8-9H2,1H3,(H,15,18)(H,16,17). The minimum Gasteiger partial charge on any atom is -0.352 e. The van der Waals surface area contributed by atoms with E-state index in [4.69, 9.17) is 0 Å². The molecule has 5 heteroatoms. The Labute approximate surface area is 115 Å². The van der Waals surface area contributed by atoms with Crippen LogP contribution in [0.2, 0.25) is 0 Å². The summed E-state index contributed by atoms with van der Waals surface area (Å²) < 4.78 is 0.